The molecule has 3 heterocycles. The molecule has 8 heteroatoms. The molecule has 0 aromatic carbocycles. The van der Waals surface area contributed by atoms with Crippen molar-refractivity contribution in [2.24, 2.45) is 11.8 Å². The third kappa shape index (κ3) is 5.72. The summed E-state index contributed by atoms with van der Waals surface area (Å²) in [5.74, 6) is 1.22. The molecule has 2 aromatic heterocycles. The van der Waals surface area contributed by atoms with Crippen LogP contribution in [0.3, 0.4) is 0 Å². The molecule has 1 saturated heterocycles. The van der Waals surface area contributed by atoms with E-state index in [1.807, 2.05) is 43.0 Å². The van der Waals surface area contributed by atoms with E-state index in [1.165, 1.54) is 6.42 Å². The van der Waals surface area contributed by atoms with E-state index >= 15 is 0 Å². The number of piperidine rings is 1. The zero-order valence-corrected chi connectivity index (χ0v) is 19.7. The highest BCUT2D eigenvalue weighted by Crippen LogP contribution is 2.35. The summed E-state index contributed by atoms with van der Waals surface area (Å²) in [6.07, 6.45) is 7.15. The molecule has 1 atom stereocenters. The fourth-order valence-corrected chi connectivity index (χ4v) is 5.16. The second-order valence-electron chi connectivity index (χ2n) is 9.24. The second-order valence-corrected chi connectivity index (χ2v) is 9.24. The van der Waals surface area contributed by atoms with Crippen LogP contribution >= 0.6 is 0 Å². The van der Waals surface area contributed by atoms with E-state index in [9.17, 15) is 9.59 Å². The normalized spacial score (nSPS) is 18.7. The molecule has 4 rings (SSSR count). The number of nitrogens with one attached hydrogen (secondary N) is 2. The van der Waals surface area contributed by atoms with Crippen LogP contribution in [0, 0.1) is 18.8 Å². The van der Waals surface area contributed by atoms with Crippen molar-refractivity contribution in [1.82, 2.24) is 20.1 Å². The SMILES string of the molecule is CCOC(=O)C(c1cccc(Nc2cc(C)[nH]n2)n1)C1CCN(C(=O)C2CCCCC2)CC1. The highest BCUT2D eigenvalue weighted by Gasteiger charge is 2.37. The van der Waals surface area contributed by atoms with Crippen molar-refractivity contribution in [2.45, 2.75) is 64.7 Å². The zero-order chi connectivity index (χ0) is 23.2. The van der Waals surface area contributed by atoms with Gasteiger partial charge in [0.25, 0.3) is 0 Å². The van der Waals surface area contributed by atoms with E-state index < -0.39 is 5.92 Å². The summed E-state index contributed by atoms with van der Waals surface area (Å²) in [5.41, 5.74) is 1.65. The van der Waals surface area contributed by atoms with E-state index in [0.29, 0.717) is 42.9 Å². The van der Waals surface area contributed by atoms with Crippen LogP contribution in [-0.2, 0) is 14.3 Å². The standard InChI is InChI=1S/C25H35N5O3/c1-3-33-25(32)23(20-10-7-11-21(26-20)27-22-16-17(2)28-29-22)18-12-14-30(15-13-18)24(31)19-8-5-4-6-9-19/h7,10-11,16,18-19,23H,3-6,8-9,12-15H2,1-2H3,(H2,26,27,28,29). The van der Waals surface area contributed by atoms with Crippen molar-refractivity contribution in [1.29, 1.82) is 0 Å². The average Bonchev–Trinajstić information content (AvgIpc) is 3.24. The highest BCUT2D eigenvalue weighted by atomic mass is 16.5. The first kappa shape index (κ1) is 23.3. The Labute approximate surface area is 195 Å². The lowest BCUT2D eigenvalue weighted by atomic mass is 9.81. The maximum Gasteiger partial charge on any atom is 0.315 e. The van der Waals surface area contributed by atoms with Gasteiger partial charge in [-0.05, 0) is 57.6 Å². The fourth-order valence-electron chi connectivity index (χ4n) is 5.16. The molecule has 178 valence electrons. The quantitative estimate of drug-likeness (QED) is 0.606. The smallest absolute Gasteiger partial charge is 0.315 e. The van der Waals surface area contributed by atoms with Gasteiger partial charge in [-0.25, -0.2) is 4.98 Å². The lowest BCUT2D eigenvalue weighted by Gasteiger charge is -2.37. The molecule has 1 aliphatic carbocycles. The predicted molar refractivity (Wildman–Crippen MR) is 126 cm³/mol. The molecule has 2 N–H and O–H groups in total. The summed E-state index contributed by atoms with van der Waals surface area (Å²) in [4.78, 5) is 32.7. The highest BCUT2D eigenvalue weighted by molar-refractivity contribution is 5.80. The number of anilines is 2. The van der Waals surface area contributed by atoms with Gasteiger partial charge in [0.2, 0.25) is 5.91 Å². The molecule has 0 radical (unpaired) electrons. The van der Waals surface area contributed by atoms with E-state index in [0.717, 1.165) is 44.2 Å². The zero-order valence-electron chi connectivity index (χ0n) is 19.7. The van der Waals surface area contributed by atoms with E-state index in [2.05, 4.69) is 15.5 Å². The third-order valence-electron chi connectivity index (χ3n) is 6.87. The fraction of sp³-hybridized carbons (Fsp3) is 0.600. The maximum absolute atomic E-state index is 13.0. The van der Waals surface area contributed by atoms with Gasteiger partial charge in [0.1, 0.15) is 11.7 Å². The van der Waals surface area contributed by atoms with Gasteiger partial charge in [-0.15, -0.1) is 0 Å². The van der Waals surface area contributed by atoms with Gasteiger partial charge in [-0.1, -0.05) is 25.3 Å². The number of amides is 1. The Morgan fingerprint density at radius 3 is 2.58 bits per heavy atom. The molecule has 1 unspecified atom stereocenters. The monoisotopic (exact) mass is 453 g/mol. The Kier molecular flexibility index (Phi) is 7.62. The number of aryl methyl sites for hydroxylation is 1. The number of ether oxygens (including phenoxy) is 1. The van der Waals surface area contributed by atoms with Crippen molar-refractivity contribution in [3.8, 4) is 0 Å². The predicted octanol–water partition coefficient (Wildman–Crippen LogP) is 4.32. The number of esters is 1. The van der Waals surface area contributed by atoms with Crippen LogP contribution < -0.4 is 5.32 Å². The first-order valence-electron chi connectivity index (χ1n) is 12.3. The molecular weight excluding hydrogens is 418 g/mol. The lowest BCUT2D eigenvalue weighted by Crippen LogP contribution is -2.44. The van der Waals surface area contributed by atoms with Crippen LogP contribution in [0.25, 0.3) is 0 Å². The van der Waals surface area contributed by atoms with E-state index in [-0.39, 0.29) is 17.8 Å². The van der Waals surface area contributed by atoms with Crippen LogP contribution in [0.2, 0.25) is 0 Å². The van der Waals surface area contributed by atoms with Gasteiger partial charge in [0.15, 0.2) is 5.82 Å². The minimum absolute atomic E-state index is 0.0924. The molecule has 8 nitrogen and oxygen atoms in total. The van der Waals surface area contributed by atoms with Gasteiger partial charge >= 0.3 is 5.97 Å². The van der Waals surface area contributed by atoms with Gasteiger partial charge in [0.05, 0.1) is 12.3 Å². The van der Waals surface area contributed by atoms with Gasteiger partial charge in [-0.3, -0.25) is 14.7 Å². The molecule has 0 spiro atoms. The van der Waals surface area contributed by atoms with Crippen molar-refractivity contribution in [3.05, 3.63) is 35.7 Å². The molecular formula is C25H35N5O3. The minimum Gasteiger partial charge on any atom is -0.465 e. The van der Waals surface area contributed by atoms with Gasteiger partial charge in [0, 0.05) is 30.8 Å². The number of rotatable bonds is 7. The number of aromatic amines is 1. The van der Waals surface area contributed by atoms with Crippen LogP contribution in [0.15, 0.2) is 24.3 Å². The summed E-state index contributed by atoms with van der Waals surface area (Å²) in [5, 5.41) is 10.3. The first-order chi connectivity index (χ1) is 16.0. The topological polar surface area (TPSA) is 100 Å². The molecule has 1 amide bonds. The summed E-state index contributed by atoms with van der Waals surface area (Å²) in [6, 6.07) is 7.55. The number of carbonyl (C=O) groups is 2. The summed E-state index contributed by atoms with van der Waals surface area (Å²) < 4.78 is 5.45. The number of hydrogen-bond acceptors (Lipinski definition) is 6. The second kappa shape index (κ2) is 10.8. The summed E-state index contributed by atoms with van der Waals surface area (Å²) in [7, 11) is 0. The van der Waals surface area contributed by atoms with Crippen molar-refractivity contribution < 1.29 is 14.3 Å². The number of aromatic nitrogens is 3. The molecule has 33 heavy (non-hydrogen) atoms. The Hall–Kier alpha value is -2.90. The molecule has 0 bridgehead atoms. The summed E-state index contributed by atoms with van der Waals surface area (Å²) >= 11 is 0. The van der Waals surface area contributed by atoms with Gasteiger partial charge < -0.3 is 15.0 Å². The number of likely N-dealkylation sites (tertiary alicyclic amines) is 1. The number of carbonyl (C=O) groups excluding carboxylic acids is 2. The van der Waals surface area contributed by atoms with Crippen LogP contribution in [0.4, 0.5) is 11.6 Å². The average molecular weight is 454 g/mol. The molecule has 2 fully saturated rings. The lowest BCUT2D eigenvalue weighted by molar-refractivity contribution is -0.147. The molecule has 1 aliphatic heterocycles. The number of hydrogen-bond donors (Lipinski definition) is 2. The Balaban J connectivity index is 1.46. The van der Waals surface area contributed by atoms with Crippen LogP contribution in [0.1, 0.15) is 69.2 Å². The molecule has 2 aromatic rings. The largest absolute Gasteiger partial charge is 0.465 e. The van der Waals surface area contributed by atoms with Gasteiger partial charge in [-0.2, -0.15) is 5.10 Å². The van der Waals surface area contributed by atoms with E-state index in [1.54, 1.807) is 0 Å². The Morgan fingerprint density at radius 1 is 1.15 bits per heavy atom. The minimum atomic E-state index is -0.445. The summed E-state index contributed by atoms with van der Waals surface area (Å²) in [6.45, 7) is 5.48. The molecule has 2 aliphatic rings. The number of nitrogens with zero attached hydrogens (tertiary/aromatic N) is 3. The maximum atomic E-state index is 13.0. The molecule has 1 saturated carbocycles. The van der Waals surface area contributed by atoms with Crippen LogP contribution in [0.5, 0.6) is 0 Å². The van der Waals surface area contributed by atoms with Crippen molar-refractivity contribution >= 4 is 23.5 Å². The number of pyridine rings is 1. The number of H-pyrrole nitrogens is 1. The van der Waals surface area contributed by atoms with Crippen molar-refractivity contribution in [2.75, 3.05) is 25.0 Å². The van der Waals surface area contributed by atoms with Crippen LogP contribution in [-0.4, -0.2) is 51.7 Å². The van der Waals surface area contributed by atoms with Crippen molar-refractivity contribution in [3.63, 3.8) is 0 Å². The Bertz CT molecular complexity index is 945. The Morgan fingerprint density at radius 2 is 1.91 bits per heavy atom. The third-order valence-corrected chi connectivity index (χ3v) is 6.87. The van der Waals surface area contributed by atoms with E-state index in [4.69, 9.17) is 9.72 Å². The first-order valence-corrected chi connectivity index (χ1v) is 12.3.